The van der Waals surface area contributed by atoms with Gasteiger partial charge in [0.2, 0.25) is 0 Å². The molecule has 0 aliphatic carbocycles. The summed E-state index contributed by atoms with van der Waals surface area (Å²) in [5.74, 6) is 0. The normalized spacial score (nSPS) is 13.9. The van der Waals surface area contributed by atoms with Gasteiger partial charge in [0, 0.05) is 5.56 Å². The number of aryl methyl sites for hydroxylation is 1. The Morgan fingerprint density at radius 2 is 1.41 bits per heavy atom. The highest BCUT2D eigenvalue weighted by atomic mass is 19.4. The van der Waals surface area contributed by atoms with Crippen molar-refractivity contribution >= 4 is 0 Å². The standard InChI is InChI=1S/C10H6F7/c1-6-4-2-3-5-7(6)8(11,9(12,13)14)10(15,16)17/h2-3,5H,1H3. The zero-order valence-electron chi connectivity index (χ0n) is 8.38. The monoisotopic (exact) mass is 259 g/mol. The molecule has 0 aliphatic heterocycles. The maximum atomic E-state index is 13.5. The average molecular weight is 259 g/mol. The summed E-state index contributed by atoms with van der Waals surface area (Å²) in [6.07, 6.45) is -12.2. The van der Waals surface area contributed by atoms with E-state index >= 15 is 0 Å². The molecule has 0 saturated carbocycles. The molecule has 0 unspecified atom stereocenters. The van der Waals surface area contributed by atoms with Gasteiger partial charge in [0.15, 0.2) is 0 Å². The van der Waals surface area contributed by atoms with Crippen LogP contribution < -0.4 is 0 Å². The fourth-order valence-electron chi connectivity index (χ4n) is 1.36. The number of benzene rings is 1. The Morgan fingerprint density at radius 3 is 1.76 bits per heavy atom. The predicted molar refractivity (Wildman–Crippen MR) is 44.9 cm³/mol. The van der Waals surface area contributed by atoms with Crippen molar-refractivity contribution in [2.45, 2.75) is 24.9 Å². The molecule has 0 N–H and O–H groups in total. The first-order valence-electron chi connectivity index (χ1n) is 4.32. The van der Waals surface area contributed by atoms with Crippen LogP contribution in [-0.4, -0.2) is 12.4 Å². The second-order valence-electron chi connectivity index (χ2n) is 3.36. The molecule has 0 spiro atoms. The van der Waals surface area contributed by atoms with Crippen molar-refractivity contribution in [2.75, 3.05) is 0 Å². The molecule has 17 heavy (non-hydrogen) atoms. The molecule has 0 nitrogen and oxygen atoms in total. The van der Waals surface area contributed by atoms with Gasteiger partial charge in [0.05, 0.1) is 0 Å². The van der Waals surface area contributed by atoms with Crippen molar-refractivity contribution < 1.29 is 30.7 Å². The van der Waals surface area contributed by atoms with Crippen molar-refractivity contribution in [3.8, 4) is 0 Å². The summed E-state index contributed by atoms with van der Waals surface area (Å²) in [4.78, 5) is 0. The highest BCUT2D eigenvalue weighted by Gasteiger charge is 2.73. The minimum atomic E-state index is -6.08. The lowest BCUT2D eigenvalue weighted by Gasteiger charge is -2.31. The lowest BCUT2D eigenvalue weighted by atomic mass is 9.90. The Bertz CT molecular complexity index is 388. The first kappa shape index (κ1) is 13.8. The molecule has 1 aromatic rings. The van der Waals surface area contributed by atoms with Gasteiger partial charge in [-0.1, -0.05) is 18.2 Å². The molecular weight excluding hydrogens is 253 g/mol. The molecule has 7 heteroatoms. The first-order valence-corrected chi connectivity index (χ1v) is 4.32. The highest BCUT2D eigenvalue weighted by Crippen LogP contribution is 2.53. The number of hydrogen-bond acceptors (Lipinski definition) is 0. The van der Waals surface area contributed by atoms with E-state index in [0.29, 0.717) is 6.07 Å². The maximum absolute atomic E-state index is 13.5. The summed E-state index contributed by atoms with van der Waals surface area (Å²) in [5.41, 5.74) is -7.40. The molecule has 0 saturated heterocycles. The van der Waals surface area contributed by atoms with E-state index in [4.69, 9.17) is 0 Å². The van der Waals surface area contributed by atoms with Crippen LogP contribution >= 0.6 is 0 Å². The molecule has 0 fully saturated rings. The smallest absolute Gasteiger partial charge is 0.218 e. The Hall–Kier alpha value is -1.27. The van der Waals surface area contributed by atoms with Gasteiger partial charge in [-0.3, -0.25) is 0 Å². The minimum absolute atomic E-state index is 0.451. The Labute approximate surface area is 92.0 Å². The van der Waals surface area contributed by atoms with Crippen molar-refractivity contribution in [1.82, 2.24) is 0 Å². The summed E-state index contributed by atoms with van der Waals surface area (Å²) < 4.78 is 87.7. The number of alkyl halides is 7. The molecular formula is C10H6F7. The third-order valence-corrected chi connectivity index (χ3v) is 2.22. The molecule has 95 valence electrons. The van der Waals surface area contributed by atoms with Gasteiger partial charge in [-0.15, -0.1) is 0 Å². The lowest BCUT2D eigenvalue weighted by Crippen LogP contribution is -2.50. The molecule has 0 aromatic heterocycles. The van der Waals surface area contributed by atoms with Crippen LogP contribution in [0.15, 0.2) is 18.2 Å². The van der Waals surface area contributed by atoms with Crippen molar-refractivity contribution in [2.24, 2.45) is 0 Å². The van der Waals surface area contributed by atoms with Crippen LogP contribution in [0, 0.1) is 13.0 Å². The maximum Gasteiger partial charge on any atom is 0.435 e. The largest absolute Gasteiger partial charge is 0.435 e. The van der Waals surface area contributed by atoms with Gasteiger partial charge in [0.1, 0.15) is 0 Å². The van der Waals surface area contributed by atoms with Crippen LogP contribution in [0.4, 0.5) is 30.7 Å². The Balaban J connectivity index is 3.53. The van der Waals surface area contributed by atoms with Crippen LogP contribution in [-0.2, 0) is 5.67 Å². The zero-order chi connectivity index (χ0) is 13.5. The third-order valence-electron chi connectivity index (χ3n) is 2.22. The summed E-state index contributed by atoms with van der Waals surface area (Å²) in [5, 5.41) is 0. The predicted octanol–water partition coefficient (Wildman–Crippen LogP) is 4.08. The topological polar surface area (TPSA) is 0 Å². The lowest BCUT2D eigenvalue weighted by molar-refractivity contribution is -0.348. The summed E-state index contributed by atoms with van der Waals surface area (Å²) in [6.45, 7) is 0.932. The van der Waals surface area contributed by atoms with Gasteiger partial charge < -0.3 is 0 Å². The van der Waals surface area contributed by atoms with E-state index < -0.39 is 29.1 Å². The van der Waals surface area contributed by atoms with E-state index in [9.17, 15) is 30.7 Å². The highest BCUT2D eigenvalue weighted by molar-refractivity contribution is 5.33. The van der Waals surface area contributed by atoms with Gasteiger partial charge in [-0.25, -0.2) is 4.39 Å². The molecule has 0 amide bonds. The molecule has 0 aliphatic rings. The summed E-state index contributed by atoms with van der Waals surface area (Å²) in [7, 11) is 0. The number of halogens is 7. The van der Waals surface area contributed by atoms with E-state index in [2.05, 4.69) is 6.07 Å². The van der Waals surface area contributed by atoms with E-state index in [1.54, 1.807) is 0 Å². The number of rotatable bonds is 1. The van der Waals surface area contributed by atoms with E-state index in [-0.39, 0.29) is 0 Å². The second kappa shape index (κ2) is 3.89. The van der Waals surface area contributed by atoms with Crippen molar-refractivity contribution in [1.29, 1.82) is 0 Å². The molecule has 0 bridgehead atoms. The fourth-order valence-corrected chi connectivity index (χ4v) is 1.36. The van der Waals surface area contributed by atoms with Crippen LogP contribution in [0.5, 0.6) is 0 Å². The molecule has 1 radical (unpaired) electrons. The van der Waals surface area contributed by atoms with E-state index in [1.807, 2.05) is 0 Å². The SMILES string of the molecule is Cc1[c]cccc1C(F)(C(F)(F)F)C(F)(F)F. The average Bonchev–Trinajstić information content (AvgIpc) is 2.13. The van der Waals surface area contributed by atoms with Crippen LogP contribution in [0.3, 0.4) is 0 Å². The zero-order valence-corrected chi connectivity index (χ0v) is 8.38. The fraction of sp³-hybridized carbons (Fsp3) is 0.400. The number of hydrogen-bond donors (Lipinski definition) is 0. The summed E-state index contributed by atoms with van der Waals surface area (Å²) >= 11 is 0. The molecule has 0 heterocycles. The van der Waals surface area contributed by atoms with Crippen LogP contribution in [0.2, 0.25) is 0 Å². The van der Waals surface area contributed by atoms with Crippen LogP contribution in [0.1, 0.15) is 11.1 Å². The van der Waals surface area contributed by atoms with Crippen LogP contribution in [0.25, 0.3) is 0 Å². The van der Waals surface area contributed by atoms with Gasteiger partial charge in [-0.05, 0) is 18.6 Å². The van der Waals surface area contributed by atoms with E-state index in [0.717, 1.165) is 19.1 Å². The van der Waals surface area contributed by atoms with Gasteiger partial charge in [0.25, 0.3) is 0 Å². The van der Waals surface area contributed by atoms with Crippen molar-refractivity contribution in [3.05, 3.63) is 35.4 Å². The molecule has 1 aromatic carbocycles. The van der Waals surface area contributed by atoms with Gasteiger partial charge >= 0.3 is 18.0 Å². The van der Waals surface area contributed by atoms with Gasteiger partial charge in [-0.2, -0.15) is 26.3 Å². The molecule has 1 rings (SSSR count). The Kier molecular flexibility index (Phi) is 3.15. The quantitative estimate of drug-likeness (QED) is 0.666. The Morgan fingerprint density at radius 1 is 0.941 bits per heavy atom. The van der Waals surface area contributed by atoms with Crippen molar-refractivity contribution in [3.63, 3.8) is 0 Å². The summed E-state index contributed by atoms with van der Waals surface area (Å²) in [6, 6.07) is 4.53. The third kappa shape index (κ3) is 2.10. The first-order chi connectivity index (χ1) is 7.52. The molecule has 0 atom stereocenters. The van der Waals surface area contributed by atoms with E-state index in [1.165, 1.54) is 0 Å². The minimum Gasteiger partial charge on any atom is -0.218 e. The second-order valence-corrected chi connectivity index (χ2v) is 3.36.